The molecule has 0 unspecified atom stereocenters. The second-order valence-electron chi connectivity index (χ2n) is 5.34. The Labute approximate surface area is 148 Å². The van der Waals surface area contributed by atoms with Crippen molar-refractivity contribution in [1.29, 1.82) is 0 Å². The number of hydrogen-bond acceptors (Lipinski definition) is 4. The van der Waals surface area contributed by atoms with E-state index < -0.39 is 10.0 Å². The molecular formula is C18H22N2O4S. The van der Waals surface area contributed by atoms with Gasteiger partial charge in [-0.05, 0) is 55.8 Å². The number of rotatable bonds is 8. The zero-order valence-corrected chi connectivity index (χ0v) is 15.1. The van der Waals surface area contributed by atoms with Crippen molar-refractivity contribution in [2.75, 3.05) is 18.5 Å². The first-order valence-corrected chi connectivity index (χ1v) is 9.58. The summed E-state index contributed by atoms with van der Waals surface area (Å²) in [6, 6.07) is 12.9. The van der Waals surface area contributed by atoms with Gasteiger partial charge in [0.15, 0.2) is 0 Å². The second-order valence-corrected chi connectivity index (χ2v) is 7.10. The summed E-state index contributed by atoms with van der Waals surface area (Å²) in [4.78, 5) is 12.4. The monoisotopic (exact) mass is 362 g/mol. The van der Waals surface area contributed by atoms with Gasteiger partial charge in [-0.3, -0.25) is 4.79 Å². The van der Waals surface area contributed by atoms with Gasteiger partial charge in [-0.1, -0.05) is 13.0 Å². The van der Waals surface area contributed by atoms with Crippen molar-refractivity contribution in [2.45, 2.75) is 25.2 Å². The summed E-state index contributed by atoms with van der Waals surface area (Å²) >= 11 is 0. The smallest absolute Gasteiger partial charge is 0.255 e. The molecule has 0 spiro atoms. The summed E-state index contributed by atoms with van der Waals surface area (Å²) in [5.74, 6) is 0.340. The van der Waals surface area contributed by atoms with E-state index in [-0.39, 0.29) is 16.4 Å². The van der Waals surface area contributed by atoms with E-state index in [1.54, 1.807) is 36.4 Å². The van der Waals surface area contributed by atoms with Gasteiger partial charge in [-0.25, -0.2) is 13.1 Å². The molecule has 7 heteroatoms. The Hall–Kier alpha value is -2.38. The molecule has 0 aliphatic heterocycles. The number of benzene rings is 2. The lowest BCUT2D eigenvalue weighted by molar-refractivity contribution is 0.102. The largest absolute Gasteiger partial charge is 0.494 e. The van der Waals surface area contributed by atoms with Gasteiger partial charge in [0.1, 0.15) is 5.75 Å². The molecule has 0 atom stereocenters. The molecule has 134 valence electrons. The van der Waals surface area contributed by atoms with Gasteiger partial charge < -0.3 is 10.1 Å². The molecule has 0 aliphatic rings. The highest BCUT2D eigenvalue weighted by atomic mass is 32.2. The van der Waals surface area contributed by atoms with Gasteiger partial charge >= 0.3 is 0 Å². The van der Waals surface area contributed by atoms with E-state index >= 15 is 0 Å². The van der Waals surface area contributed by atoms with Crippen molar-refractivity contribution in [3.05, 3.63) is 54.1 Å². The Bertz CT molecular complexity index is 817. The number of hydrogen-bond donors (Lipinski definition) is 2. The molecular weight excluding hydrogens is 340 g/mol. The molecule has 0 aliphatic carbocycles. The summed E-state index contributed by atoms with van der Waals surface area (Å²) < 4.78 is 32.2. The average molecular weight is 362 g/mol. The predicted octanol–water partition coefficient (Wildman–Crippen LogP) is 3.03. The van der Waals surface area contributed by atoms with Crippen molar-refractivity contribution in [3.8, 4) is 5.75 Å². The number of ether oxygens (including phenoxy) is 1. The van der Waals surface area contributed by atoms with Crippen LogP contribution in [0.4, 0.5) is 5.69 Å². The number of carbonyl (C=O) groups is 1. The van der Waals surface area contributed by atoms with Crippen LogP contribution < -0.4 is 14.8 Å². The molecule has 2 rings (SSSR count). The Morgan fingerprint density at radius 2 is 1.80 bits per heavy atom. The average Bonchev–Trinajstić information content (AvgIpc) is 2.62. The van der Waals surface area contributed by atoms with Gasteiger partial charge in [-0.15, -0.1) is 0 Å². The minimum atomic E-state index is -3.61. The van der Waals surface area contributed by atoms with Crippen LogP contribution in [0.15, 0.2) is 53.4 Å². The fraction of sp³-hybridized carbons (Fsp3) is 0.278. The molecule has 0 saturated carbocycles. The lowest BCUT2D eigenvalue weighted by Crippen LogP contribution is -2.24. The third-order valence-electron chi connectivity index (χ3n) is 3.37. The Morgan fingerprint density at radius 1 is 1.08 bits per heavy atom. The number of sulfonamides is 1. The molecule has 0 heterocycles. The zero-order chi connectivity index (χ0) is 18.3. The van der Waals surface area contributed by atoms with Crippen molar-refractivity contribution in [1.82, 2.24) is 4.72 Å². The van der Waals surface area contributed by atoms with E-state index in [0.717, 1.165) is 5.75 Å². The molecule has 0 fully saturated rings. The van der Waals surface area contributed by atoms with Gasteiger partial charge in [0, 0.05) is 17.8 Å². The third-order valence-corrected chi connectivity index (χ3v) is 4.83. The Kier molecular flexibility index (Phi) is 6.55. The summed E-state index contributed by atoms with van der Waals surface area (Å²) in [7, 11) is -3.61. The quantitative estimate of drug-likeness (QED) is 0.756. The molecule has 0 bridgehead atoms. The number of amides is 1. The number of carbonyl (C=O) groups excluding carboxylic acids is 1. The van der Waals surface area contributed by atoms with Crippen molar-refractivity contribution in [2.24, 2.45) is 0 Å². The van der Waals surface area contributed by atoms with E-state index in [0.29, 0.717) is 25.3 Å². The first kappa shape index (κ1) is 19.0. The predicted molar refractivity (Wildman–Crippen MR) is 97.5 cm³/mol. The van der Waals surface area contributed by atoms with Crippen LogP contribution in [0.2, 0.25) is 0 Å². The van der Waals surface area contributed by atoms with E-state index in [2.05, 4.69) is 10.0 Å². The third kappa shape index (κ3) is 5.30. The summed E-state index contributed by atoms with van der Waals surface area (Å²) in [5.41, 5.74) is 0.874. The van der Waals surface area contributed by atoms with Crippen LogP contribution in [0, 0.1) is 0 Å². The van der Waals surface area contributed by atoms with Crippen LogP contribution in [0.25, 0.3) is 0 Å². The number of anilines is 1. The topological polar surface area (TPSA) is 84.5 Å². The van der Waals surface area contributed by atoms with Crippen molar-refractivity contribution >= 4 is 21.6 Å². The molecule has 0 radical (unpaired) electrons. The first-order chi connectivity index (χ1) is 12.0. The maximum absolute atomic E-state index is 12.4. The normalized spacial score (nSPS) is 11.1. The fourth-order valence-electron chi connectivity index (χ4n) is 2.13. The van der Waals surface area contributed by atoms with Crippen LogP contribution in [0.3, 0.4) is 0 Å². The Morgan fingerprint density at radius 3 is 2.44 bits per heavy atom. The summed E-state index contributed by atoms with van der Waals surface area (Å²) in [5, 5.41) is 2.74. The molecule has 0 aromatic heterocycles. The molecule has 2 N–H and O–H groups in total. The molecule has 2 aromatic rings. The van der Waals surface area contributed by atoms with Crippen molar-refractivity contribution < 1.29 is 17.9 Å². The van der Waals surface area contributed by atoms with E-state index in [4.69, 9.17) is 4.74 Å². The first-order valence-electron chi connectivity index (χ1n) is 8.10. The summed E-state index contributed by atoms with van der Waals surface area (Å²) in [6.45, 7) is 4.69. The van der Waals surface area contributed by atoms with Crippen LogP contribution >= 0.6 is 0 Å². The highest BCUT2D eigenvalue weighted by molar-refractivity contribution is 7.89. The van der Waals surface area contributed by atoms with E-state index in [1.807, 2.05) is 13.8 Å². The van der Waals surface area contributed by atoms with Gasteiger partial charge in [0.2, 0.25) is 10.0 Å². The highest BCUT2D eigenvalue weighted by Crippen LogP contribution is 2.17. The zero-order valence-electron chi connectivity index (χ0n) is 14.3. The Balaban J connectivity index is 2.13. The second kappa shape index (κ2) is 8.64. The van der Waals surface area contributed by atoms with E-state index in [1.165, 1.54) is 12.1 Å². The van der Waals surface area contributed by atoms with Crippen LogP contribution in [-0.2, 0) is 10.0 Å². The molecule has 1 amide bonds. The molecule has 2 aromatic carbocycles. The lowest BCUT2D eigenvalue weighted by Gasteiger charge is -2.09. The molecule has 0 saturated heterocycles. The van der Waals surface area contributed by atoms with Gasteiger partial charge in [0.05, 0.1) is 11.5 Å². The molecule has 6 nitrogen and oxygen atoms in total. The van der Waals surface area contributed by atoms with E-state index in [9.17, 15) is 13.2 Å². The van der Waals surface area contributed by atoms with Crippen LogP contribution in [0.5, 0.6) is 5.75 Å². The minimum absolute atomic E-state index is 0.0697. The SMILES string of the molecule is CCCNS(=O)(=O)c1cccc(C(=O)Nc2ccc(OCC)cc2)c1. The lowest BCUT2D eigenvalue weighted by atomic mass is 10.2. The molecule has 25 heavy (non-hydrogen) atoms. The maximum atomic E-state index is 12.4. The van der Waals surface area contributed by atoms with Crippen LogP contribution in [-0.4, -0.2) is 27.5 Å². The highest BCUT2D eigenvalue weighted by Gasteiger charge is 2.15. The van der Waals surface area contributed by atoms with Gasteiger partial charge in [-0.2, -0.15) is 0 Å². The standard InChI is InChI=1S/C18H22N2O4S/c1-3-12-19-25(22,23)17-7-5-6-14(13-17)18(21)20-15-8-10-16(11-9-15)24-4-2/h5-11,13,19H,3-4,12H2,1-2H3,(H,20,21). The van der Waals surface area contributed by atoms with Crippen molar-refractivity contribution in [3.63, 3.8) is 0 Å². The number of nitrogens with one attached hydrogen (secondary N) is 2. The summed E-state index contributed by atoms with van der Waals surface area (Å²) in [6.07, 6.45) is 0.692. The maximum Gasteiger partial charge on any atom is 0.255 e. The fourth-order valence-corrected chi connectivity index (χ4v) is 3.31. The minimum Gasteiger partial charge on any atom is -0.494 e. The van der Waals surface area contributed by atoms with Gasteiger partial charge in [0.25, 0.3) is 5.91 Å². The van der Waals surface area contributed by atoms with Crippen LogP contribution in [0.1, 0.15) is 30.6 Å².